The van der Waals surface area contributed by atoms with Crippen molar-refractivity contribution in [1.82, 2.24) is 9.78 Å². The Morgan fingerprint density at radius 1 is 1.43 bits per heavy atom. The minimum Gasteiger partial charge on any atom is -0.322 e. The van der Waals surface area contributed by atoms with E-state index in [4.69, 9.17) is 16.7 Å². The summed E-state index contributed by atoms with van der Waals surface area (Å²) < 4.78 is 24.1. The van der Waals surface area contributed by atoms with E-state index in [0.29, 0.717) is 16.9 Å². The molecule has 9 heteroatoms. The first-order valence-corrected chi connectivity index (χ1v) is 7.75. The van der Waals surface area contributed by atoms with Gasteiger partial charge in [-0.15, -0.1) is 0 Å². The van der Waals surface area contributed by atoms with Crippen molar-refractivity contribution in [3.63, 3.8) is 0 Å². The molecule has 0 unspecified atom stereocenters. The number of nitrogens with two attached hydrogens (primary N) is 1. The summed E-state index contributed by atoms with van der Waals surface area (Å²) in [6, 6.07) is 3.98. The number of hydrogen-bond acceptors (Lipinski definition) is 4. The van der Waals surface area contributed by atoms with Crippen LogP contribution in [-0.2, 0) is 17.1 Å². The molecule has 0 saturated carbocycles. The molecule has 21 heavy (non-hydrogen) atoms. The quantitative estimate of drug-likeness (QED) is 0.884. The molecule has 0 aliphatic heterocycles. The van der Waals surface area contributed by atoms with E-state index in [0.717, 1.165) is 0 Å². The number of carbonyl (C=O) groups is 1. The van der Waals surface area contributed by atoms with Gasteiger partial charge < -0.3 is 5.32 Å². The van der Waals surface area contributed by atoms with E-state index in [1.54, 1.807) is 18.7 Å². The lowest BCUT2D eigenvalue weighted by Gasteiger charge is -2.07. The minimum atomic E-state index is -3.89. The van der Waals surface area contributed by atoms with E-state index in [1.165, 1.54) is 24.4 Å². The monoisotopic (exact) mass is 328 g/mol. The maximum absolute atomic E-state index is 12.1. The summed E-state index contributed by atoms with van der Waals surface area (Å²) in [4.78, 5) is 11.9. The highest BCUT2D eigenvalue weighted by Gasteiger charge is 2.16. The summed E-state index contributed by atoms with van der Waals surface area (Å²) in [7, 11) is -2.17. The molecule has 0 atom stereocenters. The smallest absolute Gasteiger partial charge is 0.259 e. The van der Waals surface area contributed by atoms with E-state index in [-0.39, 0.29) is 15.8 Å². The molecule has 7 nitrogen and oxygen atoms in total. The number of primary sulfonamides is 1. The Morgan fingerprint density at radius 2 is 2.10 bits per heavy atom. The lowest BCUT2D eigenvalue weighted by molar-refractivity contribution is 0.102. The number of nitrogens with zero attached hydrogens (tertiary/aromatic N) is 2. The summed E-state index contributed by atoms with van der Waals surface area (Å²) in [5.74, 6) is -0.361. The van der Waals surface area contributed by atoms with E-state index in [1.807, 2.05) is 0 Å². The maximum atomic E-state index is 12.1. The third-order valence-corrected chi connectivity index (χ3v) is 4.37. The first-order chi connectivity index (χ1) is 9.70. The summed E-state index contributed by atoms with van der Waals surface area (Å²) in [5.41, 5.74) is 1.49. The lowest BCUT2D eigenvalue weighted by atomic mass is 10.2. The normalized spacial score (nSPS) is 11.4. The van der Waals surface area contributed by atoms with Crippen LogP contribution in [0, 0.1) is 6.92 Å². The predicted molar refractivity (Wildman–Crippen MR) is 78.7 cm³/mol. The molecule has 0 saturated heterocycles. The molecule has 0 fully saturated rings. The van der Waals surface area contributed by atoms with Gasteiger partial charge in [0.15, 0.2) is 0 Å². The number of aromatic nitrogens is 2. The van der Waals surface area contributed by atoms with Crippen molar-refractivity contribution in [3.05, 3.63) is 40.7 Å². The number of carbonyl (C=O) groups excluding carboxylic acids is 1. The number of hydrogen-bond donors (Lipinski definition) is 2. The van der Waals surface area contributed by atoms with Crippen molar-refractivity contribution in [2.75, 3.05) is 5.32 Å². The zero-order chi connectivity index (χ0) is 15.8. The number of nitrogens with one attached hydrogen (secondary N) is 1. The molecule has 2 aromatic rings. The van der Waals surface area contributed by atoms with Crippen LogP contribution in [0.4, 0.5) is 5.69 Å². The van der Waals surface area contributed by atoms with Crippen LogP contribution in [-0.4, -0.2) is 24.1 Å². The van der Waals surface area contributed by atoms with Gasteiger partial charge in [0.05, 0.1) is 16.8 Å². The molecule has 1 amide bonds. The Labute approximate surface area is 126 Å². The fraction of sp³-hybridized carbons (Fsp3) is 0.167. The number of rotatable bonds is 3. The topological polar surface area (TPSA) is 107 Å². The van der Waals surface area contributed by atoms with Crippen molar-refractivity contribution in [2.45, 2.75) is 11.8 Å². The zero-order valence-electron chi connectivity index (χ0n) is 11.3. The van der Waals surface area contributed by atoms with Gasteiger partial charge in [-0.25, -0.2) is 13.6 Å². The van der Waals surface area contributed by atoms with Crippen molar-refractivity contribution in [2.24, 2.45) is 12.2 Å². The molecule has 0 aliphatic carbocycles. The van der Waals surface area contributed by atoms with E-state index in [2.05, 4.69) is 10.4 Å². The molecule has 1 aromatic carbocycles. The average molecular weight is 329 g/mol. The standard InChI is InChI=1S/C12H13ClN4O3S/c1-7-9(6-15-17(7)2)12(18)16-8-3-4-11(10(13)5-8)21(14,19)20/h3-6H,1-2H3,(H,16,18)(H2,14,19,20). The van der Waals surface area contributed by atoms with E-state index >= 15 is 0 Å². The first-order valence-electron chi connectivity index (χ1n) is 5.82. The van der Waals surface area contributed by atoms with Crippen LogP contribution in [0.2, 0.25) is 5.02 Å². The van der Waals surface area contributed by atoms with Gasteiger partial charge in [0.2, 0.25) is 10.0 Å². The summed E-state index contributed by atoms with van der Waals surface area (Å²) in [6.07, 6.45) is 1.45. The highest BCUT2D eigenvalue weighted by Crippen LogP contribution is 2.24. The average Bonchev–Trinajstić information content (AvgIpc) is 2.68. The molecule has 112 valence electrons. The van der Waals surface area contributed by atoms with Gasteiger partial charge in [-0.2, -0.15) is 5.10 Å². The fourth-order valence-electron chi connectivity index (χ4n) is 1.73. The fourth-order valence-corrected chi connectivity index (χ4v) is 2.82. The van der Waals surface area contributed by atoms with Gasteiger partial charge in [-0.05, 0) is 25.1 Å². The molecule has 0 spiro atoms. The number of aryl methyl sites for hydroxylation is 1. The van der Waals surface area contributed by atoms with Crippen molar-refractivity contribution in [1.29, 1.82) is 0 Å². The van der Waals surface area contributed by atoms with Crippen LogP contribution < -0.4 is 10.5 Å². The van der Waals surface area contributed by atoms with Crippen molar-refractivity contribution < 1.29 is 13.2 Å². The number of benzene rings is 1. The SMILES string of the molecule is Cc1c(C(=O)Nc2ccc(S(N)(=O)=O)c(Cl)c2)cnn1C. The van der Waals surface area contributed by atoms with Crippen LogP contribution in [0.1, 0.15) is 16.1 Å². The molecule has 1 heterocycles. The van der Waals surface area contributed by atoms with Crippen LogP contribution in [0.25, 0.3) is 0 Å². The number of anilines is 1. The number of halogens is 1. The van der Waals surface area contributed by atoms with E-state index < -0.39 is 10.0 Å². The Morgan fingerprint density at radius 3 is 2.57 bits per heavy atom. The Kier molecular flexibility index (Phi) is 4.04. The Bertz CT molecular complexity index is 814. The number of amides is 1. The van der Waals surface area contributed by atoms with Crippen LogP contribution in [0.5, 0.6) is 0 Å². The van der Waals surface area contributed by atoms with E-state index in [9.17, 15) is 13.2 Å². The van der Waals surface area contributed by atoms with Gasteiger partial charge in [0.1, 0.15) is 4.90 Å². The highest BCUT2D eigenvalue weighted by molar-refractivity contribution is 7.89. The first kappa shape index (κ1) is 15.5. The molecular formula is C12H13ClN4O3S. The zero-order valence-corrected chi connectivity index (χ0v) is 12.9. The van der Waals surface area contributed by atoms with Gasteiger partial charge in [-0.3, -0.25) is 9.48 Å². The number of sulfonamides is 1. The summed E-state index contributed by atoms with van der Waals surface area (Å²) in [5, 5.41) is 11.6. The summed E-state index contributed by atoms with van der Waals surface area (Å²) in [6.45, 7) is 1.76. The largest absolute Gasteiger partial charge is 0.322 e. The third-order valence-electron chi connectivity index (χ3n) is 2.98. The second kappa shape index (κ2) is 5.47. The second-order valence-corrected chi connectivity index (χ2v) is 6.35. The van der Waals surface area contributed by atoms with Crippen LogP contribution >= 0.6 is 11.6 Å². The molecule has 0 aliphatic rings. The van der Waals surface area contributed by atoms with Gasteiger partial charge in [0.25, 0.3) is 5.91 Å². The highest BCUT2D eigenvalue weighted by atomic mass is 35.5. The molecule has 0 radical (unpaired) electrons. The van der Waals surface area contributed by atoms with Crippen molar-refractivity contribution >= 4 is 33.2 Å². The third kappa shape index (κ3) is 3.23. The Balaban J connectivity index is 2.27. The Hall–Kier alpha value is -1.90. The molecule has 1 aromatic heterocycles. The maximum Gasteiger partial charge on any atom is 0.259 e. The van der Waals surface area contributed by atoms with Crippen molar-refractivity contribution in [3.8, 4) is 0 Å². The second-order valence-electron chi connectivity index (χ2n) is 4.41. The van der Waals surface area contributed by atoms with Crippen LogP contribution in [0.3, 0.4) is 0 Å². The molecule has 0 bridgehead atoms. The van der Waals surface area contributed by atoms with Gasteiger partial charge >= 0.3 is 0 Å². The molecular weight excluding hydrogens is 316 g/mol. The van der Waals surface area contributed by atoms with Gasteiger partial charge in [-0.1, -0.05) is 11.6 Å². The molecule has 2 rings (SSSR count). The predicted octanol–water partition coefficient (Wildman–Crippen LogP) is 1.28. The molecule has 3 N–H and O–H groups in total. The van der Waals surface area contributed by atoms with Crippen LogP contribution in [0.15, 0.2) is 29.3 Å². The minimum absolute atomic E-state index is 0.0572. The lowest BCUT2D eigenvalue weighted by Crippen LogP contribution is -2.15. The van der Waals surface area contributed by atoms with Gasteiger partial charge in [0, 0.05) is 18.4 Å². The summed E-state index contributed by atoms with van der Waals surface area (Å²) >= 11 is 5.85.